The van der Waals surface area contributed by atoms with Crippen LogP contribution < -0.4 is 11.5 Å². The minimum absolute atomic E-state index is 0.162. The molecule has 0 saturated carbocycles. The highest BCUT2D eigenvalue weighted by Gasteiger charge is 2.35. The van der Waals surface area contributed by atoms with Crippen molar-refractivity contribution >= 4 is 15.9 Å². The minimum Gasteiger partial charge on any atom is -0.369 e. The van der Waals surface area contributed by atoms with E-state index < -0.39 is 21.8 Å². The number of primary amides is 1. The van der Waals surface area contributed by atoms with Crippen LogP contribution in [0.1, 0.15) is 17.5 Å². The van der Waals surface area contributed by atoms with Crippen LogP contribution in [0.2, 0.25) is 0 Å². The summed E-state index contributed by atoms with van der Waals surface area (Å²) >= 11 is 0. The molecular formula is C13H19N3O3S. The molecule has 0 aliphatic carbocycles. The van der Waals surface area contributed by atoms with Crippen LogP contribution in [-0.2, 0) is 21.4 Å². The van der Waals surface area contributed by atoms with E-state index in [1.54, 1.807) is 25.1 Å². The van der Waals surface area contributed by atoms with Crippen LogP contribution in [0.3, 0.4) is 0 Å². The van der Waals surface area contributed by atoms with E-state index in [4.69, 9.17) is 11.5 Å². The Balaban J connectivity index is 2.30. The highest BCUT2D eigenvalue weighted by Crippen LogP contribution is 2.26. The Labute approximate surface area is 118 Å². The third kappa shape index (κ3) is 2.70. The second-order valence-corrected chi connectivity index (χ2v) is 6.96. The summed E-state index contributed by atoms with van der Waals surface area (Å²) < 4.78 is 26.5. The first kappa shape index (κ1) is 15.0. The summed E-state index contributed by atoms with van der Waals surface area (Å²) in [5, 5.41) is 0. The molecule has 2 rings (SSSR count). The standard InChI is InChI=1S/C13H19N3O3S/c1-9-6-10(7-14)2-3-12(9)20(18,19)16-5-4-11(8-16)13(15)17/h2-3,6,11H,4-5,7-8,14H2,1H3,(H2,15,17). The zero-order chi connectivity index (χ0) is 14.9. The zero-order valence-electron chi connectivity index (χ0n) is 11.4. The lowest BCUT2D eigenvalue weighted by molar-refractivity contribution is -0.121. The van der Waals surface area contributed by atoms with Gasteiger partial charge in [-0.2, -0.15) is 4.31 Å². The van der Waals surface area contributed by atoms with Gasteiger partial charge < -0.3 is 11.5 Å². The quantitative estimate of drug-likeness (QED) is 0.812. The number of aryl methyl sites for hydroxylation is 1. The topological polar surface area (TPSA) is 106 Å². The molecule has 1 atom stereocenters. The second kappa shape index (κ2) is 5.51. The van der Waals surface area contributed by atoms with Crippen molar-refractivity contribution in [2.45, 2.75) is 24.8 Å². The van der Waals surface area contributed by atoms with Gasteiger partial charge in [-0.3, -0.25) is 4.79 Å². The lowest BCUT2D eigenvalue weighted by atomic mass is 10.1. The van der Waals surface area contributed by atoms with Gasteiger partial charge >= 0.3 is 0 Å². The molecule has 0 bridgehead atoms. The Morgan fingerprint density at radius 1 is 1.45 bits per heavy atom. The van der Waals surface area contributed by atoms with Crippen LogP contribution in [0, 0.1) is 12.8 Å². The lowest BCUT2D eigenvalue weighted by Gasteiger charge is -2.18. The second-order valence-electron chi connectivity index (χ2n) is 5.05. The van der Waals surface area contributed by atoms with E-state index in [2.05, 4.69) is 0 Å². The average molecular weight is 297 g/mol. The van der Waals surface area contributed by atoms with Gasteiger partial charge in [0.25, 0.3) is 0 Å². The van der Waals surface area contributed by atoms with E-state index in [0.717, 1.165) is 5.56 Å². The Morgan fingerprint density at radius 2 is 2.15 bits per heavy atom. The van der Waals surface area contributed by atoms with Gasteiger partial charge in [0, 0.05) is 19.6 Å². The lowest BCUT2D eigenvalue weighted by Crippen LogP contribution is -2.32. The van der Waals surface area contributed by atoms with Gasteiger partial charge in [-0.1, -0.05) is 12.1 Å². The molecule has 20 heavy (non-hydrogen) atoms. The van der Waals surface area contributed by atoms with Gasteiger partial charge in [0.1, 0.15) is 0 Å². The Morgan fingerprint density at radius 3 is 2.65 bits per heavy atom. The molecule has 0 radical (unpaired) electrons. The van der Waals surface area contributed by atoms with Gasteiger partial charge in [0.05, 0.1) is 10.8 Å². The van der Waals surface area contributed by atoms with Crippen molar-refractivity contribution in [2.75, 3.05) is 13.1 Å². The normalized spacial score (nSPS) is 20.2. The maximum absolute atomic E-state index is 12.6. The third-order valence-corrected chi connectivity index (χ3v) is 5.67. The molecule has 4 N–H and O–H groups in total. The number of carbonyl (C=O) groups is 1. The summed E-state index contributed by atoms with van der Waals surface area (Å²) in [6.45, 7) is 2.60. The van der Waals surface area contributed by atoms with Crippen LogP contribution in [0.4, 0.5) is 0 Å². The molecule has 1 aliphatic rings. The molecule has 1 aromatic carbocycles. The Kier molecular flexibility index (Phi) is 4.12. The number of hydrogen-bond acceptors (Lipinski definition) is 4. The molecule has 1 amide bonds. The first-order valence-electron chi connectivity index (χ1n) is 6.45. The SMILES string of the molecule is Cc1cc(CN)ccc1S(=O)(=O)N1CCC(C(N)=O)C1. The van der Waals surface area contributed by atoms with Crippen LogP contribution in [0.15, 0.2) is 23.1 Å². The summed E-state index contributed by atoms with van der Waals surface area (Å²) in [7, 11) is -3.58. The van der Waals surface area contributed by atoms with E-state index in [0.29, 0.717) is 25.1 Å². The molecule has 0 aromatic heterocycles. The number of nitrogens with zero attached hydrogens (tertiary/aromatic N) is 1. The molecule has 1 heterocycles. The fourth-order valence-electron chi connectivity index (χ4n) is 2.45. The summed E-state index contributed by atoms with van der Waals surface area (Å²) in [6, 6.07) is 5.06. The maximum atomic E-state index is 12.6. The van der Waals surface area contributed by atoms with Gasteiger partial charge in [-0.25, -0.2) is 8.42 Å². The van der Waals surface area contributed by atoms with Crippen molar-refractivity contribution in [2.24, 2.45) is 17.4 Å². The first-order chi connectivity index (χ1) is 9.36. The third-order valence-electron chi connectivity index (χ3n) is 3.65. The van der Waals surface area contributed by atoms with Crippen LogP contribution in [0.25, 0.3) is 0 Å². The zero-order valence-corrected chi connectivity index (χ0v) is 12.2. The largest absolute Gasteiger partial charge is 0.369 e. The number of hydrogen-bond donors (Lipinski definition) is 2. The summed E-state index contributed by atoms with van der Waals surface area (Å²) in [4.78, 5) is 11.4. The van der Waals surface area contributed by atoms with Gasteiger partial charge in [-0.05, 0) is 30.5 Å². The number of amides is 1. The highest BCUT2D eigenvalue weighted by atomic mass is 32.2. The predicted octanol–water partition coefficient (Wildman–Crippen LogP) is -0.0504. The number of carbonyl (C=O) groups excluding carboxylic acids is 1. The van der Waals surface area contributed by atoms with Crippen molar-refractivity contribution in [1.82, 2.24) is 4.31 Å². The molecule has 1 saturated heterocycles. The van der Waals surface area contributed by atoms with E-state index in [9.17, 15) is 13.2 Å². The molecule has 1 aliphatic heterocycles. The number of nitrogens with two attached hydrogens (primary N) is 2. The van der Waals surface area contributed by atoms with Crippen molar-refractivity contribution in [3.63, 3.8) is 0 Å². The molecule has 1 unspecified atom stereocenters. The molecule has 7 heteroatoms. The molecule has 1 fully saturated rings. The fourth-order valence-corrected chi connectivity index (χ4v) is 4.15. The van der Waals surface area contributed by atoms with E-state index >= 15 is 0 Å². The number of rotatable bonds is 4. The smallest absolute Gasteiger partial charge is 0.243 e. The van der Waals surface area contributed by atoms with Crippen LogP contribution in [-0.4, -0.2) is 31.7 Å². The Bertz CT molecular complexity index is 628. The molecular weight excluding hydrogens is 278 g/mol. The molecule has 110 valence electrons. The van der Waals surface area contributed by atoms with Crippen LogP contribution >= 0.6 is 0 Å². The summed E-state index contributed by atoms with van der Waals surface area (Å²) in [5.41, 5.74) is 12.3. The van der Waals surface area contributed by atoms with E-state index in [1.807, 2.05) is 0 Å². The van der Waals surface area contributed by atoms with Crippen molar-refractivity contribution < 1.29 is 13.2 Å². The van der Waals surface area contributed by atoms with Crippen molar-refractivity contribution in [1.29, 1.82) is 0 Å². The molecule has 1 aromatic rings. The molecule has 0 spiro atoms. The number of benzene rings is 1. The Hall–Kier alpha value is -1.44. The summed E-state index contributed by atoms with van der Waals surface area (Å²) in [6.07, 6.45) is 0.481. The maximum Gasteiger partial charge on any atom is 0.243 e. The van der Waals surface area contributed by atoms with E-state index in [1.165, 1.54) is 4.31 Å². The van der Waals surface area contributed by atoms with Crippen molar-refractivity contribution in [3.05, 3.63) is 29.3 Å². The van der Waals surface area contributed by atoms with E-state index in [-0.39, 0.29) is 11.4 Å². The number of sulfonamides is 1. The predicted molar refractivity (Wildman–Crippen MR) is 75.1 cm³/mol. The van der Waals surface area contributed by atoms with Crippen molar-refractivity contribution in [3.8, 4) is 0 Å². The summed E-state index contributed by atoms with van der Waals surface area (Å²) in [5.74, 6) is -0.841. The molecule has 6 nitrogen and oxygen atoms in total. The first-order valence-corrected chi connectivity index (χ1v) is 7.89. The van der Waals surface area contributed by atoms with Gasteiger partial charge in [0.2, 0.25) is 15.9 Å². The van der Waals surface area contributed by atoms with Crippen LogP contribution in [0.5, 0.6) is 0 Å². The highest BCUT2D eigenvalue weighted by molar-refractivity contribution is 7.89. The monoisotopic (exact) mass is 297 g/mol. The minimum atomic E-state index is -3.58. The van der Waals surface area contributed by atoms with Gasteiger partial charge in [-0.15, -0.1) is 0 Å². The van der Waals surface area contributed by atoms with Gasteiger partial charge in [0.15, 0.2) is 0 Å². The average Bonchev–Trinajstić information content (AvgIpc) is 2.88. The fraction of sp³-hybridized carbons (Fsp3) is 0.462.